The van der Waals surface area contributed by atoms with E-state index in [-0.39, 0.29) is 11.0 Å². The molecular formula is C20H16BrN3OS. The second-order valence-electron chi connectivity index (χ2n) is 5.46. The summed E-state index contributed by atoms with van der Waals surface area (Å²) in [5, 5.41) is 9.24. The first kappa shape index (κ1) is 18.1. The SMILES string of the molecule is O=C(NC(=S)Nc1ccc(Nc2ccccc2)cc1)c1ccccc1Br. The van der Waals surface area contributed by atoms with Gasteiger partial charge in [0.15, 0.2) is 5.11 Å². The molecule has 0 heterocycles. The van der Waals surface area contributed by atoms with Gasteiger partial charge in [-0.05, 0) is 76.7 Å². The van der Waals surface area contributed by atoms with Gasteiger partial charge in [-0.15, -0.1) is 0 Å². The molecule has 0 aliphatic carbocycles. The first-order valence-electron chi connectivity index (χ1n) is 7.91. The quantitative estimate of drug-likeness (QED) is 0.495. The Hall–Kier alpha value is -2.70. The van der Waals surface area contributed by atoms with Crippen molar-refractivity contribution in [3.8, 4) is 0 Å². The minimum Gasteiger partial charge on any atom is -0.356 e. The molecule has 0 unspecified atom stereocenters. The highest BCUT2D eigenvalue weighted by Crippen LogP contribution is 2.19. The summed E-state index contributed by atoms with van der Waals surface area (Å²) in [5.41, 5.74) is 3.30. The van der Waals surface area contributed by atoms with E-state index in [1.165, 1.54) is 0 Å². The van der Waals surface area contributed by atoms with Crippen LogP contribution in [0.25, 0.3) is 0 Å². The third-order valence-corrected chi connectivity index (χ3v) is 4.45. The van der Waals surface area contributed by atoms with E-state index in [0.29, 0.717) is 5.56 Å². The number of carbonyl (C=O) groups excluding carboxylic acids is 1. The Morgan fingerprint density at radius 3 is 2.04 bits per heavy atom. The molecule has 0 bridgehead atoms. The second-order valence-corrected chi connectivity index (χ2v) is 6.72. The summed E-state index contributed by atoms with van der Waals surface area (Å²) >= 11 is 8.58. The van der Waals surface area contributed by atoms with E-state index >= 15 is 0 Å². The van der Waals surface area contributed by atoms with Gasteiger partial charge in [-0.1, -0.05) is 30.3 Å². The lowest BCUT2D eigenvalue weighted by molar-refractivity contribution is 0.0977. The lowest BCUT2D eigenvalue weighted by Gasteiger charge is -2.11. The van der Waals surface area contributed by atoms with Crippen LogP contribution in [0.3, 0.4) is 0 Å². The third-order valence-electron chi connectivity index (χ3n) is 3.55. The normalized spacial score (nSPS) is 10.0. The molecule has 0 fully saturated rings. The maximum absolute atomic E-state index is 12.2. The third kappa shape index (κ3) is 4.91. The number of para-hydroxylation sites is 1. The van der Waals surface area contributed by atoms with Crippen molar-refractivity contribution in [3.05, 3.63) is 88.9 Å². The van der Waals surface area contributed by atoms with Crippen LogP contribution in [0, 0.1) is 0 Å². The molecule has 0 saturated carbocycles. The van der Waals surface area contributed by atoms with Crippen molar-refractivity contribution in [2.24, 2.45) is 0 Å². The number of thiocarbonyl (C=S) groups is 1. The number of rotatable bonds is 4. The topological polar surface area (TPSA) is 53.2 Å². The van der Waals surface area contributed by atoms with E-state index in [0.717, 1.165) is 21.5 Å². The second kappa shape index (κ2) is 8.60. The molecule has 3 aromatic rings. The van der Waals surface area contributed by atoms with Crippen LogP contribution in [0.5, 0.6) is 0 Å². The molecule has 4 nitrogen and oxygen atoms in total. The molecule has 3 rings (SSSR count). The summed E-state index contributed by atoms with van der Waals surface area (Å²) in [4.78, 5) is 12.2. The molecule has 3 N–H and O–H groups in total. The predicted molar refractivity (Wildman–Crippen MR) is 114 cm³/mol. The summed E-state index contributed by atoms with van der Waals surface area (Å²) in [6, 6.07) is 24.8. The number of amides is 1. The minimum absolute atomic E-state index is 0.245. The molecule has 6 heteroatoms. The lowest BCUT2D eigenvalue weighted by atomic mass is 10.2. The van der Waals surface area contributed by atoms with Gasteiger partial charge in [-0.3, -0.25) is 10.1 Å². The fraction of sp³-hybridized carbons (Fsp3) is 0. The van der Waals surface area contributed by atoms with Crippen molar-refractivity contribution < 1.29 is 4.79 Å². The van der Waals surface area contributed by atoms with Gasteiger partial charge in [0.1, 0.15) is 0 Å². The first-order valence-corrected chi connectivity index (χ1v) is 9.11. The maximum Gasteiger partial charge on any atom is 0.258 e. The number of carbonyl (C=O) groups is 1. The molecule has 1 amide bonds. The van der Waals surface area contributed by atoms with Crippen LogP contribution in [0.15, 0.2) is 83.3 Å². The van der Waals surface area contributed by atoms with E-state index < -0.39 is 0 Å². The zero-order valence-corrected chi connectivity index (χ0v) is 16.1. The van der Waals surface area contributed by atoms with Crippen molar-refractivity contribution in [3.63, 3.8) is 0 Å². The first-order chi connectivity index (χ1) is 12.6. The Morgan fingerprint density at radius 1 is 0.769 bits per heavy atom. The number of halogens is 1. The fourth-order valence-electron chi connectivity index (χ4n) is 2.30. The van der Waals surface area contributed by atoms with Gasteiger partial charge in [0, 0.05) is 21.5 Å². The average Bonchev–Trinajstić information content (AvgIpc) is 2.64. The Kier molecular flexibility index (Phi) is 5.99. The van der Waals surface area contributed by atoms with Gasteiger partial charge in [0.25, 0.3) is 5.91 Å². The van der Waals surface area contributed by atoms with Crippen LogP contribution in [0.4, 0.5) is 17.1 Å². The van der Waals surface area contributed by atoms with E-state index in [1.54, 1.807) is 12.1 Å². The molecule has 3 aromatic carbocycles. The number of hydrogen-bond acceptors (Lipinski definition) is 3. The van der Waals surface area contributed by atoms with E-state index in [2.05, 4.69) is 31.9 Å². The van der Waals surface area contributed by atoms with Crippen molar-refractivity contribution in [2.45, 2.75) is 0 Å². The van der Waals surface area contributed by atoms with Crippen molar-refractivity contribution in [1.82, 2.24) is 5.32 Å². The smallest absolute Gasteiger partial charge is 0.258 e. The van der Waals surface area contributed by atoms with Gasteiger partial charge in [0.2, 0.25) is 0 Å². The fourth-order valence-corrected chi connectivity index (χ4v) is 2.98. The minimum atomic E-state index is -0.266. The van der Waals surface area contributed by atoms with Gasteiger partial charge < -0.3 is 10.6 Å². The molecular weight excluding hydrogens is 410 g/mol. The number of benzene rings is 3. The Morgan fingerprint density at radius 2 is 1.35 bits per heavy atom. The molecule has 26 heavy (non-hydrogen) atoms. The van der Waals surface area contributed by atoms with Crippen molar-refractivity contribution in [2.75, 3.05) is 10.6 Å². The van der Waals surface area contributed by atoms with Crippen LogP contribution >= 0.6 is 28.1 Å². The van der Waals surface area contributed by atoms with E-state index in [4.69, 9.17) is 12.2 Å². The highest BCUT2D eigenvalue weighted by Gasteiger charge is 2.10. The van der Waals surface area contributed by atoms with Gasteiger partial charge in [-0.2, -0.15) is 0 Å². The highest BCUT2D eigenvalue weighted by atomic mass is 79.9. The van der Waals surface area contributed by atoms with Crippen molar-refractivity contribution >= 4 is 56.2 Å². The van der Waals surface area contributed by atoms with Crippen LogP contribution < -0.4 is 16.0 Å². The van der Waals surface area contributed by atoms with Gasteiger partial charge in [-0.25, -0.2) is 0 Å². The Labute approximate surface area is 165 Å². The number of anilines is 3. The molecule has 0 aliphatic heterocycles. The molecule has 130 valence electrons. The van der Waals surface area contributed by atoms with Crippen molar-refractivity contribution in [1.29, 1.82) is 0 Å². The Bertz CT molecular complexity index is 914. The number of nitrogens with one attached hydrogen (secondary N) is 3. The standard InChI is InChI=1S/C20H16BrN3OS/c21-18-9-5-4-8-17(18)19(25)24-20(26)23-16-12-10-15(11-13-16)22-14-6-2-1-3-7-14/h1-13,22H,(H2,23,24,25,26). The zero-order chi connectivity index (χ0) is 18.4. The van der Waals surface area contributed by atoms with E-state index in [1.807, 2.05) is 66.7 Å². The van der Waals surface area contributed by atoms with Crippen LogP contribution in [-0.2, 0) is 0 Å². The van der Waals surface area contributed by atoms with Crippen LogP contribution in [0.1, 0.15) is 10.4 Å². The van der Waals surface area contributed by atoms with Crippen LogP contribution in [-0.4, -0.2) is 11.0 Å². The van der Waals surface area contributed by atoms with Gasteiger partial charge in [0.05, 0.1) is 5.56 Å². The molecule has 0 aromatic heterocycles. The zero-order valence-electron chi connectivity index (χ0n) is 13.7. The summed E-state index contributed by atoms with van der Waals surface area (Å²) in [5.74, 6) is -0.266. The summed E-state index contributed by atoms with van der Waals surface area (Å²) in [7, 11) is 0. The monoisotopic (exact) mass is 425 g/mol. The molecule has 0 atom stereocenters. The highest BCUT2D eigenvalue weighted by molar-refractivity contribution is 9.10. The predicted octanol–water partition coefficient (Wildman–Crippen LogP) is 5.32. The maximum atomic E-state index is 12.2. The largest absolute Gasteiger partial charge is 0.356 e. The summed E-state index contributed by atoms with van der Waals surface area (Å²) < 4.78 is 0.719. The molecule has 0 radical (unpaired) electrons. The summed E-state index contributed by atoms with van der Waals surface area (Å²) in [6.45, 7) is 0. The lowest BCUT2D eigenvalue weighted by Crippen LogP contribution is -2.34. The molecule has 0 saturated heterocycles. The number of hydrogen-bond donors (Lipinski definition) is 3. The molecule has 0 spiro atoms. The van der Waals surface area contributed by atoms with E-state index in [9.17, 15) is 4.79 Å². The van der Waals surface area contributed by atoms with Gasteiger partial charge >= 0.3 is 0 Å². The average molecular weight is 426 g/mol. The molecule has 0 aliphatic rings. The summed E-state index contributed by atoms with van der Waals surface area (Å²) in [6.07, 6.45) is 0. The van der Waals surface area contributed by atoms with Crippen LogP contribution in [0.2, 0.25) is 0 Å². The Balaban J connectivity index is 1.58.